The first kappa shape index (κ1) is 15.7. The second-order valence-electron chi connectivity index (χ2n) is 4.57. The number of hydrogen-bond acceptors (Lipinski definition) is 3. The molecule has 1 aromatic heterocycles. The van der Waals surface area contributed by atoms with Crippen LogP contribution < -0.4 is 0 Å². The Morgan fingerprint density at radius 1 is 0.842 bits per heavy atom. The van der Waals surface area contributed by atoms with Crippen LogP contribution in [0, 0.1) is 0 Å². The summed E-state index contributed by atoms with van der Waals surface area (Å²) >= 11 is 1.74. The van der Waals surface area contributed by atoms with E-state index in [4.69, 9.17) is 10.2 Å². The summed E-state index contributed by atoms with van der Waals surface area (Å²) in [6.07, 6.45) is 5.69. The molecule has 0 aliphatic heterocycles. The molecular weight excluding hydrogens is 264 g/mol. The van der Waals surface area contributed by atoms with Gasteiger partial charge >= 0.3 is 11.9 Å². The van der Waals surface area contributed by atoms with E-state index < -0.39 is 11.9 Å². The topological polar surface area (TPSA) is 74.6 Å². The molecule has 2 N–H and O–H groups in total. The average Bonchev–Trinajstić information content (AvgIpc) is 2.76. The van der Waals surface area contributed by atoms with Gasteiger partial charge in [0.05, 0.1) is 0 Å². The van der Waals surface area contributed by atoms with E-state index in [1.807, 2.05) is 0 Å². The number of aryl methyl sites for hydroxylation is 2. The van der Waals surface area contributed by atoms with Crippen LogP contribution in [0.3, 0.4) is 0 Å². The van der Waals surface area contributed by atoms with Crippen LogP contribution in [0.2, 0.25) is 0 Å². The molecule has 0 atom stereocenters. The highest BCUT2D eigenvalue weighted by Crippen LogP contribution is 2.20. The molecule has 0 aliphatic carbocycles. The van der Waals surface area contributed by atoms with E-state index in [0.717, 1.165) is 32.1 Å². The fraction of sp³-hybridized carbons (Fsp3) is 0.571. The standard InChI is InChI=1S/C14H20O4S/c15-13(16)7-3-1-2-5-11-9-10-12(19-11)6-4-8-14(17)18/h9-10H,1-8H2,(H,15,16)(H,17,18). The lowest BCUT2D eigenvalue weighted by molar-refractivity contribution is -0.138. The molecule has 19 heavy (non-hydrogen) atoms. The summed E-state index contributed by atoms with van der Waals surface area (Å²) in [5.74, 6) is -1.47. The zero-order valence-corrected chi connectivity index (χ0v) is 11.7. The summed E-state index contributed by atoms with van der Waals surface area (Å²) < 4.78 is 0. The van der Waals surface area contributed by atoms with Crippen LogP contribution in [-0.2, 0) is 22.4 Å². The number of carboxylic acid groups (broad SMARTS) is 2. The van der Waals surface area contributed by atoms with Gasteiger partial charge in [-0.1, -0.05) is 6.42 Å². The third kappa shape index (κ3) is 7.62. The third-order valence-corrected chi connectivity index (χ3v) is 4.05. The number of thiophene rings is 1. The Balaban J connectivity index is 2.16. The Bertz CT molecular complexity index is 411. The Kier molecular flexibility index (Phi) is 7.18. The van der Waals surface area contributed by atoms with Gasteiger partial charge in [0.1, 0.15) is 0 Å². The zero-order valence-electron chi connectivity index (χ0n) is 10.9. The molecule has 1 heterocycles. The summed E-state index contributed by atoms with van der Waals surface area (Å²) in [5, 5.41) is 17.1. The first-order valence-corrected chi connectivity index (χ1v) is 7.41. The highest BCUT2D eigenvalue weighted by molar-refractivity contribution is 7.11. The van der Waals surface area contributed by atoms with Crippen LogP contribution >= 0.6 is 11.3 Å². The quantitative estimate of drug-likeness (QED) is 0.646. The molecule has 0 saturated heterocycles. The maximum Gasteiger partial charge on any atom is 0.303 e. The number of rotatable bonds is 10. The van der Waals surface area contributed by atoms with Gasteiger partial charge in [0, 0.05) is 22.6 Å². The van der Waals surface area contributed by atoms with Crippen molar-refractivity contribution in [2.24, 2.45) is 0 Å². The molecule has 0 aromatic carbocycles. The van der Waals surface area contributed by atoms with Gasteiger partial charge in [-0.2, -0.15) is 0 Å². The summed E-state index contributed by atoms with van der Waals surface area (Å²) in [5.41, 5.74) is 0. The second kappa shape index (κ2) is 8.69. The van der Waals surface area contributed by atoms with Gasteiger partial charge in [-0.15, -0.1) is 11.3 Å². The van der Waals surface area contributed by atoms with Crippen molar-refractivity contribution < 1.29 is 19.8 Å². The summed E-state index contributed by atoms with van der Waals surface area (Å²) in [7, 11) is 0. The molecule has 5 heteroatoms. The fourth-order valence-electron chi connectivity index (χ4n) is 1.86. The van der Waals surface area contributed by atoms with Gasteiger partial charge < -0.3 is 10.2 Å². The van der Waals surface area contributed by atoms with Crippen LogP contribution in [-0.4, -0.2) is 22.2 Å². The Morgan fingerprint density at radius 2 is 1.37 bits per heavy atom. The number of hydrogen-bond donors (Lipinski definition) is 2. The molecule has 0 bridgehead atoms. The van der Waals surface area contributed by atoms with Gasteiger partial charge in [0.25, 0.3) is 0 Å². The highest BCUT2D eigenvalue weighted by atomic mass is 32.1. The van der Waals surface area contributed by atoms with Gasteiger partial charge in [-0.25, -0.2) is 0 Å². The zero-order chi connectivity index (χ0) is 14.1. The minimum Gasteiger partial charge on any atom is -0.481 e. The number of carbonyl (C=O) groups is 2. The number of aliphatic carboxylic acids is 2. The largest absolute Gasteiger partial charge is 0.481 e. The summed E-state index contributed by atoms with van der Waals surface area (Å²) in [4.78, 5) is 23.3. The van der Waals surface area contributed by atoms with Crippen LogP contribution in [0.25, 0.3) is 0 Å². The Hall–Kier alpha value is -1.36. The summed E-state index contributed by atoms with van der Waals surface area (Å²) in [6, 6.07) is 4.16. The summed E-state index contributed by atoms with van der Waals surface area (Å²) in [6.45, 7) is 0. The van der Waals surface area contributed by atoms with E-state index in [2.05, 4.69) is 12.1 Å². The fourth-order valence-corrected chi connectivity index (χ4v) is 2.96. The predicted octanol–water partition coefficient (Wildman–Crippen LogP) is 3.34. The van der Waals surface area contributed by atoms with E-state index in [9.17, 15) is 9.59 Å². The smallest absolute Gasteiger partial charge is 0.303 e. The van der Waals surface area contributed by atoms with Crippen molar-refractivity contribution in [1.29, 1.82) is 0 Å². The first-order valence-electron chi connectivity index (χ1n) is 6.59. The van der Waals surface area contributed by atoms with Gasteiger partial charge in [0.2, 0.25) is 0 Å². The maximum atomic E-state index is 10.4. The molecule has 0 unspecified atom stereocenters. The number of carboxylic acids is 2. The SMILES string of the molecule is O=C(O)CCCCCc1ccc(CCCC(=O)O)s1. The second-order valence-corrected chi connectivity index (χ2v) is 5.82. The molecular formula is C14H20O4S. The van der Waals surface area contributed by atoms with Crippen LogP contribution in [0.15, 0.2) is 12.1 Å². The van der Waals surface area contributed by atoms with Crippen molar-refractivity contribution in [1.82, 2.24) is 0 Å². The Morgan fingerprint density at radius 3 is 1.95 bits per heavy atom. The minimum atomic E-state index is -0.741. The van der Waals surface area contributed by atoms with Gasteiger partial charge in [-0.05, 0) is 44.2 Å². The van der Waals surface area contributed by atoms with Crippen molar-refractivity contribution in [3.05, 3.63) is 21.9 Å². The van der Waals surface area contributed by atoms with Crippen LogP contribution in [0.5, 0.6) is 0 Å². The van der Waals surface area contributed by atoms with E-state index in [1.54, 1.807) is 11.3 Å². The average molecular weight is 284 g/mol. The Labute approximate surface area is 117 Å². The predicted molar refractivity (Wildman–Crippen MR) is 74.7 cm³/mol. The molecule has 1 rings (SSSR count). The molecule has 0 saturated carbocycles. The van der Waals surface area contributed by atoms with Gasteiger partial charge in [0.15, 0.2) is 0 Å². The van der Waals surface area contributed by atoms with Gasteiger partial charge in [-0.3, -0.25) is 9.59 Å². The van der Waals surface area contributed by atoms with E-state index >= 15 is 0 Å². The number of unbranched alkanes of at least 4 members (excludes halogenated alkanes) is 2. The maximum absolute atomic E-state index is 10.4. The minimum absolute atomic E-state index is 0.225. The molecule has 0 spiro atoms. The van der Waals surface area contributed by atoms with E-state index in [0.29, 0.717) is 6.42 Å². The molecule has 4 nitrogen and oxygen atoms in total. The highest BCUT2D eigenvalue weighted by Gasteiger charge is 2.03. The van der Waals surface area contributed by atoms with Crippen molar-refractivity contribution in [3.8, 4) is 0 Å². The molecule has 0 amide bonds. The molecule has 0 fully saturated rings. The van der Waals surface area contributed by atoms with E-state index in [1.165, 1.54) is 9.75 Å². The van der Waals surface area contributed by atoms with Crippen LogP contribution in [0.4, 0.5) is 0 Å². The lowest BCUT2D eigenvalue weighted by Gasteiger charge is -1.98. The third-order valence-electron chi connectivity index (χ3n) is 2.84. The van der Waals surface area contributed by atoms with Crippen molar-refractivity contribution in [3.63, 3.8) is 0 Å². The molecule has 1 aromatic rings. The monoisotopic (exact) mass is 284 g/mol. The van der Waals surface area contributed by atoms with Crippen molar-refractivity contribution in [2.45, 2.75) is 51.4 Å². The van der Waals surface area contributed by atoms with E-state index in [-0.39, 0.29) is 12.8 Å². The molecule has 106 valence electrons. The first-order chi connectivity index (χ1) is 9.08. The lowest BCUT2D eigenvalue weighted by atomic mass is 10.1. The molecule has 0 radical (unpaired) electrons. The van der Waals surface area contributed by atoms with Crippen molar-refractivity contribution in [2.75, 3.05) is 0 Å². The normalized spacial score (nSPS) is 10.5. The lowest BCUT2D eigenvalue weighted by Crippen LogP contribution is -1.94. The van der Waals surface area contributed by atoms with Crippen molar-refractivity contribution >= 4 is 23.3 Å². The molecule has 0 aliphatic rings. The van der Waals surface area contributed by atoms with Crippen LogP contribution in [0.1, 0.15) is 48.3 Å².